The van der Waals surface area contributed by atoms with Gasteiger partial charge in [0.1, 0.15) is 0 Å². The predicted octanol–water partition coefficient (Wildman–Crippen LogP) is 3.00. The lowest BCUT2D eigenvalue weighted by atomic mass is 9.98. The molecule has 1 aliphatic rings. The monoisotopic (exact) mass is 419 g/mol. The van der Waals surface area contributed by atoms with Gasteiger partial charge in [0.25, 0.3) is 11.5 Å². The van der Waals surface area contributed by atoms with Crippen LogP contribution in [0, 0.1) is 0 Å². The number of nitrogens with zero attached hydrogens (tertiary/aromatic N) is 3. The zero-order valence-electron chi connectivity index (χ0n) is 17.5. The van der Waals surface area contributed by atoms with Crippen molar-refractivity contribution < 1.29 is 14.3 Å². The first-order valence-electron chi connectivity index (χ1n) is 10.5. The maximum atomic E-state index is 13.6. The van der Waals surface area contributed by atoms with Crippen LogP contribution < -0.4 is 5.56 Å². The minimum absolute atomic E-state index is 0.157. The molecule has 1 fully saturated rings. The Morgan fingerprint density at radius 1 is 1.03 bits per heavy atom. The molecule has 31 heavy (non-hydrogen) atoms. The standard InChI is InChI=1S/C24H25N3O4/c1-31-21(28)15-18-11-7-8-14-26(18)24(30)22-19-12-5-6-13-20(19)23(29)27(25-22)16-17-9-3-2-4-10-17/h2-6,9-10,12-13,18H,7-8,11,14-16H2,1H3. The minimum Gasteiger partial charge on any atom is -0.469 e. The van der Waals surface area contributed by atoms with Crippen molar-refractivity contribution in [1.82, 2.24) is 14.7 Å². The summed E-state index contributed by atoms with van der Waals surface area (Å²) in [5.74, 6) is -0.594. The molecule has 0 aliphatic carbocycles. The lowest BCUT2D eigenvalue weighted by molar-refractivity contribution is -0.142. The highest BCUT2D eigenvalue weighted by Crippen LogP contribution is 2.24. The highest BCUT2D eigenvalue weighted by molar-refractivity contribution is 6.05. The van der Waals surface area contributed by atoms with Gasteiger partial charge in [0.05, 0.1) is 25.5 Å². The quantitative estimate of drug-likeness (QED) is 0.594. The van der Waals surface area contributed by atoms with E-state index in [1.807, 2.05) is 30.3 Å². The van der Waals surface area contributed by atoms with Gasteiger partial charge in [0.15, 0.2) is 5.69 Å². The first-order chi connectivity index (χ1) is 15.1. The third kappa shape index (κ3) is 4.35. The number of carbonyl (C=O) groups excluding carboxylic acids is 2. The third-order valence-electron chi connectivity index (χ3n) is 5.76. The van der Waals surface area contributed by atoms with Crippen LogP contribution in [0.2, 0.25) is 0 Å². The summed E-state index contributed by atoms with van der Waals surface area (Å²) >= 11 is 0. The molecule has 3 aromatic rings. The number of hydrogen-bond donors (Lipinski definition) is 0. The zero-order chi connectivity index (χ0) is 21.8. The maximum absolute atomic E-state index is 13.6. The van der Waals surface area contributed by atoms with Crippen molar-refractivity contribution in [2.45, 2.75) is 38.3 Å². The Morgan fingerprint density at radius 3 is 2.48 bits per heavy atom. The molecule has 7 heteroatoms. The van der Waals surface area contributed by atoms with Gasteiger partial charge in [-0.25, -0.2) is 4.68 Å². The predicted molar refractivity (Wildman–Crippen MR) is 117 cm³/mol. The highest BCUT2D eigenvalue weighted by atomic mass is 16.5. The molecule has 1 amide bonds. The fourth-order valence-corrected chi connectivity index (χ4v) is 4.15. The summed E-state index contributed by atoms with van der Waals surface area (Å²) in [5.41, 5.74) is 0.927. The van der Waals surface area contributed by atoms with Gasteiger partial charge in [-0.05, 0) is 30.9 Å². The third-order valence-corrected chi connectivity index (χ3v) is 5.76. The van der Waals surface area contributed by atoms with Gasteiger partial charge >= 0.3 is 5.97 Å². The Hall–Kier alpha value is -3.48. The van der Waals surface area contributed by atoms with Crippen molar-refractivity contribution in [3.05, 3.63) is 76.2 Å². The van der Waals surface area contributed by atoms with Gasteiger partial charge in [-0.15, -0.1) is 0 Å². The van der Waals surface area contributed by atoms with Crippen LogP contribution >= 0.6 is 0 Å². The molecule has 0 radical (unpaired) electrons. The first kappa shape index (κ1) is 20.8. The summed E-state index contributed by atoms with van der Waals surface area (Å²) in [6.07, 6.45) is 2.71. The second-order valence-corrected chi connectivity index (χ2v) is 7.77. The van der Waals surface area contributed by atoms with Crippen LogP contribution in [-0.2, 0) is 16.1 Å². The van der Waals surface area contributed by atoms with E-state index in [4.69, 9.17) is 4.74 Å². The lowest BCUT2D eigenvalue weighted by Gasteiger charge is -2.35. The number of piperidine rings is 1. The Bertz CT molecular complexity index is 1160. The number of methoxy groups -OCH3 is 1. The van der Waals surface area contributed by atoms with Crippen LogP contribution in [0.5, 0.6) is 0 Å². The van der Waals surface area contributed by atoms with Crippen molar-refractivity contribution in [3.63, 3.8) is 0 Å². The van der Waals surface area contributed by atoms with E-state index in [-0.39, 0.29) is 42.1 Å². The molecule has 1 aliphatic heterocycles. The molecule has 1 unspecified atom stereocenters. The molecular weight excluding hydrogens is 394 g/mol. The van der Waals surface area contributed by atoms with Crippen LogP contribution in [-0.4, -0.2) is 46.3 Å². The number of aromatic nitrogens is 2. The SMILES string of the molecule is COC(=O)CC1CCCCN1C(=O)c1nn(Cc2ccccc2)c(=O)c2ccccc12. The summed E-state index contributed by atoms with van der Waals surface area (Å²) in [7, 11) is 1.35. The summed E-state index contributed by atoms with van der Waals surface area (Å²) in [5, 5.41) is 5.49. The van der Waals surface area contributed by atoms with E-state index in [1.165, 1.54) is 11.8 Å². The van der Waals surface area contributed by atoms with E-state index in [1.54, 1.807) is 29.2 Å². The summed E-state index contributed by atoms with van der Waals surface area (Å²) < 4.78 is 6.17. The number of benzene rings is 2. The second kappa shape index (κ2) is 9.12. The number of amides is 1. The first-order valence-corrected chi connectivity index (χ1v) is 10.5. The van der Waals surface area contributed by atoms with Crippen molar-refractivity contribution in [2.24, 2.45) is 0 Å². The summed E-state index contributed by atoms with van der Waals surface area (Å²) in [4.78, 5) is 40.2. The van der Waals surface area contributed by atoms with Crippen molar-refractivity contribution in [1.29, 1.82) is 0 Å². The Morgan fingerprint density at radius 2 is 1.74 bits per heavy atom. The molecule has 0 N–H and O–H groups in total. The second-order valence-electron chi connectivity index (χ2n) is 7.77. The molecule has 0 saturated carbocycles. The van der Waals surface area contributed by atoms with Crippen LogP contribution in [0.4, 0.5) is 0 Å². The molecule has 2 heterocycles. The van der Waals surface area contributed by atoms with E-state index in [0.29, 0.717) is 17.3 Å². The minimum atomic E-state index is -0.337. The summed E-state index contributed by atoms with van der Waals surface area (Å²) in [6, 6.07) is 16.4. The molecule has 1 atom stereocenters. The molecule has 7 nitrogen and oxygen atoms in total. The Balaban J connectivity index is 1.76. The molecular formula is C24H25N3O4. The molecule has 2 aromatic carbocycles. The van der Waals surface area contributed by atoms with Gasteiger partial charge in [0, 0.05) is 18.0 Å². The van der Waals surface area contributed by atoms with Gasteiger partial charge in [-0.2, -0.15) is 5.10 Å². The fourth-order valence-electron chi connectivity index (χ4n) is 4.15. The smallest absolute Gasteiger partial charge is 0.307 e. The van der Waals surface area contributed by atoms with E-state index >= 15 is 0 Å². The van der Waals surface area contributed by atoms with Gasteiger partial charge in [-0.3, -0.25) is 14.4 Å². The fraction of sp³-hybridized carbons (Fsp3) is 0.333. The van der Waals surface area contributed by atoms with E-state index in [9.17, 15) is 14.4 Å². The highest BCUT2D eigenvalue weighted by Gasteiger charge is 2.31. The molecule has 0 bridgehead atoms. The van der Waals surface area contributed by atoms with E-state index in [0.717, 1.165) is 24.8 Å². The number of rotatable bonds is 5. The average molecular weight is 419 g/mol. The summed E-state index contributed by atoms with van der Waals surface area (Å²) in [6.45, 7) is 0.824. The van der Waals surface area contributed by atoms with Gasteiger partial charge in [-0.1, -0.05) is 48.5 Å². The van der Waals surface area contributed by atoms with E-state index in [2.05, 4.69) is 5.10 Å². The van der Waals surface area contributed by atoms with E-state index < -0.39 is 0 Å². The van der Waals surface area contributed by atoms with Crippen LogP contribution in [0.3, 0.4) is 0 Å². The normalized spacial score (nSPS) is 16.3. The van der Waals surface area contributed by atoms with Crippen molar-refractivity contribution >= 4 is 22.6 Å². The lowest BCUT2D eigenvalue weighted by Crippen LogP contribution is -2.45. The van der Waals surface area contributed by atoms with Crippen LogP contribution in [0.15, 0.2) is 59.4 Å². The average Bonchev–Trinajstić information content (AvgIpc) is 2.81. The number of ether oxygens (including phenoxy) is 1. The van der Waals surface area contributed by atoms with Gasteiger partial charge < -0.3 is 9.64 Å². The van der Waals surface area contributed by atoms with Crippen LogP contribution in [0.1, 0.15) is 41.7 Å². The van der Waals surface area contributed by atoms with Crippen molar-refractivity contribution in [2.75, 3.05) is 13.7 Å². The number of likely N-dealkylation sites (tertiary alicyclic amines) is 1. The molecule has 160 valence electrons. The maximum Gasteiger partial charge on any atom is 0.307 e. The molecule has 1 saturated heterocycles. The molecule has 4 rings (SSSR count). The Labute approximate surface area is 180 Å². The molecule has 1 aromatic heterocycles. The Kier molecular flexibility index (Phi) is 6.11. The largest absolute Gasteiger partial charge is 0.469 e. The topological polar surface area (TPSA) is 81.5 Å². The molecule has 0 spiro atoms. The number of esters is 1. The zero-order valence-corrected chi connectivity index (χ0v) is 17.5. The van der Waals surface area contributed by atoms with Crippen molar-refractivity contribution in [3.8, 4) is 0 Å². The number of fused-ring (bicyclic) bond motifs is 1. The van der Waals surface area contributed by atoms with Gasteiger partial charge in [0.2, 0.25) is 0 Å². The number of hydrogen-bond acceptors (Lipinski definition) is 5. The number of carbonyl (C=O) groups is 2. The van der Waals surface area contributed by atoms with Crippen LogP contribution in [0.25, 0.3) is 10.8 Å².